The van der Waals surface area contributed by atoms with E-state index >= 15 is 4.79 Å². The number of aliphatic hydroxyl groups excluding tert-OH is 2. The molecule has 0 radical (unpaired) electrons. The van der Waals surface area contributed by atoms with Crippen molar-refractivity contribution in [3.8, 4) is 0 Å². The van der Waals surface area contributed by atoms with Crippen LogP contribution in [0, 0.1) is 28.1 Å². The Hall–Kier alpha value is -4.38. The molecule has 12 atom stereocenters. The van der Waals surface area contributed by atoms with E-state index in [2.05, 4.69) is 5.32 Å². The molecule has 3 saturated carbocycles. The molecule has 1 aromatic carbocycles. The van der Waals surface area contributed by atoms with Crippen LogP contribution in [0.5, 0.6) is 0 Å². The maximum atomic E-state index is 15.8. The molecular weight excluding hydrogens is 794 g/mol. The number of ketones is 1. The van der Waals surface area contributed by atoms with Gasteiger partial charge in [-0.15, -0.1) is 0 Å². The summed E-state index contributed by atoms with van der Waals surface area (Å²) >= 11 is 0. The predicted molar refractivity (Wildman–Crippen MR) is 212 cm³/mol. The highest BCUT2D eigenvalue weighted by atomic mass is 16.8. The first kappa shape index (κ1) is 44.7. The van der Waals surface area contributed by atoms with Crippen LogP contribution < -0.4 is 5.32 Å². The van der Waals surface area contributed by atoms with E-state index in [0.29, 0.717) is 12.8 Å². The van der Waals surface area contributed by atoms with Crippen LogP contribution >= 0.6 is 0 Å². The van der Waals surface area contributed by atoms with E-state index in [9.17, 15) is 34.2 Å². The Morgan fingerprint density at radius 1 is 1.02 bits per heavy atom. The Morgan fingerprint density at radius 2 is 1.67 bits per heavy atom. The van der Waals surface area contributed by atoms with Crippen molar-refractivity contribution >= 4 is 35.8 Å². The van der Waals surface area contributed by atoms with Gasteiger partial charge in [0.1, 0.15) is 12.2 Å². The third kappa shape index (κ3) is 7.14. The summed E-state index contributed by atoms with van der Waals surface area (Å²) in [6.45, 7) is 16.2. The summed E-state index contributed by atoms with van der Waals surface area (Å²) in [5.74, 6) is -5.44. The number of carbonyl (C=O) groups is 6. The van der Waals surface area contributed by atoms with E-state index in [4.69, 9.17) is 33.2 Å². The number of hydrogen-bond donors (Lipinski definition) is 3. The van der Waals surface area contributed by atoms with Crippen molar-refractivity contribution in [3.63, 3.8) is 0 Å². The normalized spacial score (nSPS) is 36.0. The fourth-order valence-corrected chi connectivity index (χ4v) is 10.5. The van der Waals surface area contributed by atoms with Crippen LogP contribution in [0.4, 0.5) is 4.79 Å². The fourth-order valence-electron chi connectivity index (χ4n) is 10.5. The summed E-state index contributed by atoms with van der Waals surface area (Å²) in [7, 11) is 0. The lowest BCUT2D eigenvalue weighted by atomic mass is 9.44. The molecule has 61 heavy (non-hydrogen) atoms. The average molecular weight is 854 g/mol. The zero-order valence-corrected chi connectivity index (χ0v) is 36.5. The summed E-state index contributed by atoms with van der Waals surface area (Å²) in [6, 6.07) is 6.86. The maximum absolute atomic E-state index is 15.8. The van der Waals surface area contributed by atoms with Gasteiger partial charge in [-0.05, 0) is 62.3 Å². The Kier molecular flexibility index (Phi) is 11.3. The minimum atomic E-state index is -2.21. The number of amides is 1. The zero-order chi connectivity index (χ0) is 44.8. The number of carbonyl (C=O) groups excluding carboxylic acids is 6. The lowest BCUT2D eigenvalue weighted by Gasteiger charge is -2.67. The van der Waals surface area contributed by atoms with E-state index < -0.39 is 118 Å². The van der Waals surface area contributed by atoms with E-state index in [1.54, 1.807) is 59.7 Å². The van der Waals surface area contributed by atoms with Gasteiger partial charge in [0.15, 0.2) is 35.8 Å². The number of rotatable bonds is 11. The molecular formula is C45H59NO15. The molecule has 2 aliphatic heterocycles. The lowest BCUT2D eigenvalue weighted by Crippen LogP contribution is -2.83. The molecule has 2 heterocycles. The van der Waals surface area contributed by atoms with Gasteiger partial charge in [-0.1, -0.05) is 66.7 Å². The third-order valence-electron chi connectivity index (χ3n) is 13.8. The van der Waals surface area contributed by atoms with Crippen LogP contribution in [-0.4, -0.2) is 119 Å². The van der Waals surface area contributed by atoms with E-state index in [1.807, 2.05) is 13.8 Å². The summed E-state index contributed by atoms with van der Waals surface area (Å²) in [6.07, 6.45) is -11.2. The van der Waals surface area contributed by atoms with Crippen molar-refractivity contribution < 1.29 is 72.1 Å². The molecule has 7 rings (SSSR count). The molecule has 16 heteroatoms. The lowest BCUT2D eigenvalue weighted by molar-refractivity contribution is -0.346. The van der Waals surface area contributed by atoms with Crippen LogP contribution in [0.2, 0.25) is 0 Å². The van der Waals surface area contributed by atoms with Crippen molar-refractivity contribution in [3.05, 3.63) is 47.0 Å². The highest BCUT2D eigenvalue weighted by Crippen LogP contribution is 2.67. The maximum Gasteiger partial charge on any atom is 0.509 e. The van der Waals surface area contributed by atoms with Crippen molar-refractivity contribution in [2.45, 2.75) is 161 Å². The number of ether oxygens (including phenoxy) is 7. The summed E-state index contributed by atoms with van der Waals surface area (Å²) in [5, 5.41) is 26.7. The van der Waals surface area contributed by atoms with E-state index in [-0.39, 0.29) is 48.2 Å². The van der Waals surface area contributed by atoms with Gasteiger partial charge >= 0.3 is 24.1 Å². The molecule has 3 N–H and O–H groups in total. The van der Waals surface area contributed by atoms with E-state index in [0.717, 1.165) is 0 Å². The van der Waals surface area contributed by atoms with Gasteiger partial charge in [0.25, 0.3) is 0 Å². The second-order valence-electron chi connectivity index (χ2n) is 19.8. The van der Waals surface area contributed by atoms with Crippen LogP contribution in [-0.2, 0) is 52.3 Å². The minimum Gasteiger partial charge on any atom is -0.454 e. The summed E-state index contributed by atoms with van der Waals surface area (Å²) in [5.41, 5.74) is -7.74. The fraction of sp³-hybridized carbons (Fsp3) is 0.689. The van der Waals surface area contributed by atoms with Gasteiger partial charge in [0.2, 0.25) is 11.5 Å². The first-order valence-corrected chi connectivity index (χ1v) is 21.2. The van der Waals surface area contributed by atoms with Gasteiger partial charge in [-0.25, -0.2) is 14.4 Å². The minimum absolute atomic E-state index is 0.0819. The molecule has 6 aliphatic rings. The van der Waals surface area contributed by atoms with E-state index in [1.165, 1.54) is 26.0 Å². The predicted octanol–water partition coefficient (Wildman–Crippen LogP) is 3.91. The molecule has 1 aromatic rings. The molecule has 0 unspecified atom stereocenters. The molecule has 1 amide bonds. The Balaban J connectivity index is 1.46. The van der Waals surface area contributed by atoms with Crippen molar-refractivity contribution in [2.24, 2.45) is 28.1 Å². The quantitative estimate of drug-likeness (QED) is 0.163. The van der Waals surface area contributed by atoms with Crippen molar-refractivity contribution in [1.82, 2.24) is 5.32 Å². The van der Waals surface area contributed by atoms with Crippen molar-refractivity contribution in [2.75, 3.05) is 6.61 Å². The topological polar surface area (TPSA) is 220 Å². The smallest absolute Gasteiger partial charge is 0.454 e. The van der Waals surface area contributed by atoms with Crippen LogP contribution in [0.25, 0.3) is 0 Å². The number of aliphatic hydroxyl groups is 2. The Morgan fingerprint density at radius 3 is 2.23 bits per heavy atom. The first-order valence-electron chi connectivity index (χ1n) is 21.2. The summed E-state index contributed by atoms with van der Waals surface area (Å²) in [4.78, 5) is 84.9. The molecule has 2 bridgehead atoms. The van der Waals surface area contributed by atoms with Crippen molar-refractivity contribution in [1.29, 1.82) is 0 Å². The zero-order valence-electron chi connectivity index (χ0n) is 36.5. The second kappa shape index (κ2) is 15.5. The van der Waals surface area contributed by atoms with Crippen LogP contribution in [0.15, 0.2) is 41.5 Å². The number of hydrogen-bond acceptors (Lipinski definition) is 15. The number of benzene rings is 1. The SMILES string of the molecule is CC(=O)O[C@@]12CO[C@@H]1C[C@H](O)[C@@]1(C)C(=O)[C@H](OC3CC3)C3=C(C)[C@@H](OC(=O)[C@H](O)[C@H](CC(C)C)NC(=O)C(C)(C)C)[C@@H]4OC(=O)O[C@]4([C@@H](OC(=O)c4ccccc4)[C@H]21)C3(C)C. The number of nitrogens with one attached hydrogen (secondary N) is 1. The van der Waals surface area contributed by atoms with Crippen LogP contribution in [0.1, 0.15) is 105 Å². The molecule has 5 fully saturated rings. The molecule has 0 aromatic heterocycles. The third-order valence-corrected chi connectivity index (χ3v) is 13.8. The second-order valence-corrected chi connectivity index (χ2v) is 19.8. The average Bonchev–Trinajstić information content (AvgIpc) is 3.92. The van der Waals surface area contributed by atoms with Gasteiger partial charge in [0.05, 0.1) is 41.8 Å². The summed E-state index contributed by atoms with van der Waals surface area (Å²) < 4.78 is 44.0. The van der Waals surface area contributed by atoms with Gasteiger partial charge < -0.3 is 48.7 Å². The standard InChI is InChI=1S/C45H59NO15/c1-21(2)18-26(46-39(53)41(5,6)7)30(49)38(52)57-31-22(3)29-32(56-25-16-17-25)34(50)43(10)27(48)19-28-44(20-55-28,60-23(4)47)33(43)36(58-37(51)24-14-12-11-13-15-24)45(42(29,8)9)35(31)59-40(54)61-45/h11-15,21,25-28,30-33,35-36,48-49H,16-20H2,1-10H3,(H,46,53)/t26-,27-,28+,30+,31+,32+,33-,35-,36-,43+,44-,45+/m0/s1. The van der Waals surface area contributed by atoms with Crippen LogP contribution in [0.3, 0.4) is 0 Å². The molecule has 16 nitrogen and oxygen atoms in total. The Labute approximate surface area is 355 Å². The Bertz CT molecular complexity index is 2000. The highest BCUT2D eigenvalue weighted by molar-refractivity contribution is 5.95. The highest BCUT2D eigenvalue weighted by Gasteiger charge is 2.83. The monoisotopic (exact) mass is 853 g/mol. The molecule has 2 saturated heterocycles. The largest absolute Gasteiger partial charge is 0.509 e. The van der Waals surface area contributed by atoms with Gasteiger partial charge in [-0.2, -0.15) is 0 Å². The number of Topliss-reactive ketones (excluding diaryl/α,β-unsaturated/α-hetero) is 1. The number of fused-ring (bicyclic) bond motifs is 4. The number of esters is 3. The molecule has 4 aliphatic carbocycles. The molecule has 334 valence electrons. The van der Waals surface area contributed by atoms with Gasteiger partial charge in [-0.3, -0.25) is 14.4 Å². The first-order chi connectivity index (χ1) is 28.4. The molecule has 1 spiro atoms. The van der Waals surface area contributed by atoms with Gasteiger partial charge in [0, 0.05) is 24.2 Å².